The van der Waals surface area contributed by atoms with Crippen molar-refractivity contribution in [2.45, 2.75) is 38.0 Å². The number of nitrogens with one attached hydrogen (secondary N) is 3. The fraction of sp³-hybridized carbons (Fsp3) is 0.282. The third-order valence-electron chi connectivity index (χ3n) is 8.78. The molecule has 5 aromatic rings. The van der Waals surface area contributed by atoms with Crippen LogP contribution >= 0.6 is 0 Å². The Balaban J connectivity index is 0.884. The van der Waals surface area contributed by atoms with Crippen molar-refractivity contribution in [1.29, 1.82) is 0 Å². The van der Waals surface area contributed by atoms with Crippen LogP contribution in [0.4, 0.5) is 10.5 Å². The van der Waals surface area contributed by atoms with Gasteiger partial charge < -0.3 is 34.9 Å². The summed E-state index contributed by atoms with van der Waals surface area (Å²) in [5.41, 5.74) is 4.37. The summed E-state index contributed by atoms with van der Waals surface area (Å²) in [6.45, 7) is 4.05. The highest BCUT2D eigenvalue weighted by atomic mass is 16.6. The monoisotopic (exact) mass is 662 g/mol. The van der Waals surface area contributed by atoms with Crippen LogP contribution in [-0.4, -0.2) is 65.1 Å². The Labute approximate surface area is 285 Å². The summed E-state index contributed by atoms with van der Waals surface area (Å²) in [4.78, 5) is 29.4. The Morgan fingerprint density at radius 1 is 0.939 bits per heavy atom. The molecule has 1 aliphatic rings. The van der Waals surface area contributed by atoms with Crippen molar-refractivity contribution in [3.63, 3.8) is 0 Å². The molecule has 1 saturated heterocycles. The second kappa shape index (κ2) is 16.3. The van der Waals surface area contributed by atoms with Crippen LogP contribution < -0.4 is 20.9 Å². The Morgan fingerprint density at radius 3 is 2.57 bits per heavy atom. The van der Waals surface area contributed by atoms with E-state index in [0.717, 1.165) is 67.0 Å². The first-order chi connectivity index (χ1) is 23.9. The van der Waals surface area contributed by atoms with Gasteiger partial charge in [0.2, 0.25) is 5.56 Å². The van der Waals surface area contributed by atoms with E-state index in [1.54, 1.807) is 12.1 Å². The van der Waals surface area contributed by atoms with Crippen molar-refractivity contribution in [2.24, 2.45) is 0 Å². The number of likely N-dealkylation sites (tertiary alicyclic amines) is 1. The van der Waals surface area contributed by atoms with Gasteiger partial charge in [-0.05, 0) is 66.3 Å². The maximum absolute atomic E-state index is 12.7. The van der Waals surface area contributed by atoms with Crippen molar-refractivity contribution in [1.82, 2.24) is 15.2 Å². The summed E-state index contributed by atoms with van der Waals surface area (Å²) in [5, 5.41) is 27.8. The van der Waals surface area contributed by atoms with Crippen LogP contribution in [0.3, 0.4) is 0 Å². The van der Waals surface area contributed by atoms with E-state index < -0.39 is 12.2 Å². The molecule has 6 rings (SSSR count). The lowest BCUT2D eigenvalue weighted by molar-refractivity contribution is 0.0575. The highest BCUT2D eigenvalue weighted by Crippen LogP contribution is 2.29. The number of fused-ring (bicyclic) bond motifs is 1. The number of pyridine rings is 1. The molecule has 0 aliphatic carbocycles. The molecule has 49 heavy (non-hydrogen) atoms. The molecule has 10 nitrogen and oxygen atoms in total. The Hall–Kier alpha value is -5.16. The molecule has 0 unspecified atom stereocenters. The summed E-state index contributed by atoms with van der Waals surface area (Å²) in [6.07, 6.45) is 1.10. The van der Waals surface area contributed by atoms with Crippen LogP contribution in [0.15, 0.2) is 108 Å². The number of H-pyrrole nitrogens is 1. The van der Waals surface area contributed by atoms with Crippen LogP contribution in [0, 0.1) is 0 Å². The Bertz CT molecular complexity index is 1910. The molecule has 5 N–H and O–H groups in total. The molecule has 1 aliphatic heterocycles. The van der Waals surface area contributed by atoms with Crippen LogP contribution in [0.5, 0.6) is 11.5 Å². The number of aliphatic hydroxyl groups is 1. The van der Waals surface area contributed by atoms with Crippen LogP contribution in [0.1, 0.15) is 36.5 Å². The van der Waals surface area contributed by atoms with Gasteiger partial charge in [0.05, 0.1) is 23.9 Å². The molecule has 0 bridgehead atoms. The molecule has 0 radical (unpaired) electrons. The van der Waals surface area contributed by atoms with Crippen LogP contribution in [-0.2, 0) is 11.3 Å². The number of amides is 1. The molecule has 4 aromatic carbocycles. The molecule has 254 valence electrons. The van der Waals surface area contributed by atoms with Crippen molar-refractivity contribution in [3.8, 4) is 22.6 Å². The van der Waals surface area contributed by atoms with E-state index >= 15 is 0 Å². The van der Waals surface area contributed by atoms with Gasteiger partial charge >= 0.3 is 6.09 Å². The van der Waals surface area contributed by atoms with Crippen LogP contribution in [0.25, 0.3) is 22.0 Å². The zero-order valence-electron chi connectivity index (χ0n) is 27.3. The summed E-state index contributed by atoms with van der Waals surface area (Å²) < 4.78 is 11.8. The summed E-state index contributed by atoms with van der Waals surface area (Å²) in [6, 6.07) is 31.7. The van der Waals surface area contributed by atoms with Gasteiger partial charge in [-0.15, -0.1) is 0 Å². The fourth-order valence-electron chi connectivity index (χ4n) is 6.24. The summed E-state index contributed by atoms with van der Waals surface area (Å²) in [7, 11) is 0. The number of para-hydroxylation sites is 1. The first kappa shape index (κ1) is 33.7. The van der Waals surface area contributed by atoms with E-state index in [4.69, 9.17) is 9.47 Å². The second-order valence-corrected chi connectivity index (χ2v) is 12.3. The molecule has 0 spiro atoms. The lowest BCUT2D eigenvalue weighted by atomic mass is 10.0. The van der Waals surface area contributed by atoms with Gasteiger partial charge in [-0.25, -0.2) is 4.79 Å². The van der Waals surface area contributed by atoms with E-state index in [1.807, 2.05) is 78.9 Å². The average Bonchev–Trinajstić information content (AvgIpc) is 3.12. The number of aliphatic hydroxyl groups excluding tert-OH is 1. The van der Waals surface area contributed by atoms with Gasteiger partial charge in [0.15, 0.2) is 0 Å². The normalized spacial score (nSPS) is 14.4. The smallest absolute Gasteiger partial charge is 0.411 e. The number of aromatic nitrogens is 1. The number of anilines is 1. The maximum atomic E-state index is 12.7. The molecular weight excluding hydrogens is 620 g/mol. The van der Waals surface area contributed by atoms with Crippen LogP contribution in [0.2, 0.25) is 0 Å². The van der Waals surface area contributed by atoms with Crippen molar-refractivity contribution in [3.05, 3.63) is 125 Å². The third-order valence-corrected chi connectivity index (χ3v) is 8.78. The molecule has 1 amide bonds. The quantitative estimate of drug-likeness (QED) is 0.0940. The molecule has 1 fully saturated rings. The van der Waals surface area contributed by atoms with E-state index in [2.05, 4.69) is 20.5 Å². The van der Waals surface area contributed by atoms with Gasteiger partial charge in [-0.3, -0.25) is 10.1 Å². The van der Waals surface area contributed by atoms with Crippen molar-refractivity contribution in [2.75, 3.05) is 38.1 Å². The lowest BCUT2D eigenvalue weighted by Crippen LogP contribution is -2.39. The maximum Gasteiger partial charge on any atom is 0.411 e. The molecule has 1 aromatic heterocycles. The fourth-order valence-corrected chi connectivity index (χ4v) is 6.24. The number of nitrogens with zero attached hydrogens (tertiary/aromatic N) is 1. The number of phenols is 1. The number of aromatic hydroxyl groups is 1. The number of rotatable bonds is 13. The number of aromatic amines is 1. The predicted molar refractivity (Wildman–Crippen MR) is 191 cm³/mol. The van der Waals surface area contributed by atoms with Gasteiger partial charge in [0.1, 0.15) is 17.6 Å². The molecular formula is C39H42N4O6. The first-order valence-corrected chi connectivity index (χ1v) is 16.7. The second-order valence-electron chi connectivity index (χ2n) is 12.3. The minimum atomic E-state index is -0.829. The predicted octanol–water partition coefficient (Wildman–Crippen LogP) is 6.21. The average molecular weight is 663 g/mol. The van der Waals surface area contributed by atoms with E-state index in [-0.39, 0.29) is 17.4 Å². The summed E-state index contributed by atoms with van der Waals surface area (Å²) in [5.74, 6) is 0.756. The summed E-state index contributed by atoms with van der Waals surface area (Å²) >= 11 is 0. The Morgan fingerprint density at radius 2 is 1.73 bits per heavy atom. The largest absolute Gasteiger partial charge is 0.506 e. The van der Waals surface area contributed by atoms with Crippen molar-refractivity contribution >= 4 is 22.7 Å². The topological polar surface area (TPSA) is 136 Å². The zero-order chi connectivity index (χ0) is 34.0. The van der Waals surface area contributed by atoms with Gasteiger partial charge in [0.25, 0.3) is 0 Å². The number of hydrogen-bond acceptors (Lipinski definition) is 8. The van der Waals surface area contributed by atoms with Gasteiger partial charge in [-0.1, -0.05) is 66.7 Å². The lowest BCUT2D eigenvalue weighted by Gasteiger charge is -2.31. The third kappa shape index (κ3) is 9.05. The van der Waals surface area contributed by atoms with E-state index in [9.17, 15) is 19.8 Å². The number of benzene rings is 4. The number of carbonyl (C=O) groups excluding carboxylic acids is 1. The highest BCUT2D eigenvalue weighted by molar-refractivity contribution is 5.91. The molecule has 0 saturated carbocycles. The SMILES string of the molecule is O=C(Nc1ccccc1-c1ccccc1)OC1CCN(CCCOc2cccc(CNC[C@H](O)c3ccc(O)c4[nH]c(=O)ccc34)c2)CC1. The number of carbonyl (C=O) groups is 1. The van der Waals surface area contributed by atoms with Gasteiger partial charge in [0, 0.05) is 49.7 Å². The van der Waals surface area contributed by atoms with E-state index in [1.165, 1.54) is 12.1 Å². The minimum Gasteiger partial charge on any atom is -0.506 e. The Kier molecular flexibility index (Phi) is 11.2. The van der Waals surface area contributed by atoms with Crippen molar-refractivity contribution < 1.29 is 24.5 Å². The van der Waals surface area contributed by atoms with Gasteiger partial charge in [-0.2, -0.15) is 0 Å². The van der Waals surface area contributed by atoms with E-state index in [0.29, 0.717) is 36.2 Å². The first-order valence-electron chi connectivity index (χ1n) is 16.7. The number of ether oxygens (including phenoxy) is 2. The standard InChI is InChI=1S/C39H42N4O6/c44-35-16-14-32(33-15-17-37(46)42-38(33)35)36(45)26-40-25-27-8-6-11-30(24-27)48-23-7-20-43-21-18-29(19-22-43)49-39(47)41-34-13-5-4-12-31(34)28-9-2-1-3-10-28/h1-6,8-17,24,29,36,40,44-45H,7,18-23,25-26H2,(H,41,47)(H,42,46)/t36-/m0/s1. The minimum absolute atomic E-state index is 0.0358. The zero-order valence-corrected chi connectivity index (χ0v) is 27.3. The number of phenolic OH excluding ortho intramolecular Hbond substituents is 1. The number of piperidine rings is 1. The molecule has 1 atom stereocenters. The highest BCUT2D eigenvalue weighted by Gasteiger charge is 2.22. The molecule has 10 heteroatoms. The molecule has 2 heterocycles. The number of hydrogen-bond donors (Lipinski definition) is 5.